The number of amides is 7. The minimum atomic E-state index is -5.08. The maximum Gasteiger partial charge on any atom is 0.490 e. The summed E-state index contributed by atoms with van der Waals surface area (Å²) in [6.07, 6.45) is -0.138. The van der Waals surface area contributed by atoms with E-state index in [9.17, 15) is 51.5 Å². The molecule has 1 saturated heterocycles. The standard InChI is InChI=1S/C39H71N9O8.C2HF3O2/c1-25(2)21-30(35(53)44-31(22-26(3)4)36(54)47-46-33(51)15-10-9-12-18-41-29(8)50)43-34(52)24-48(20-13-11-17-40)37(55)32(23-27(5)6)45-38(56)39(28(7)49)16-14-19-42-39;3-2(4,5)1(6)7/h25-27,30-32,42H,9-24,40H2,1-8H3,(H,41,50)(H,43,52)(H,44,53)(H,45,56)(H,46,51)(H,47,54);(H,6,7)/t30-,31-,32-,39-;/m0./s1. The molecule has 0 spiro atoms. The second-order valence-electron chi connectivity index (χ2n) is 17.0. The Balaban J connectivity index is 0.00000503. The summed E-state index contributed by atoms with van der Waals surface area (Å²) in [6, 6.07) is -3.07. The molecule has 0 aromatic heterocycles. The Hall–Kier alpha value is -4.86. The number of nitrogens with two attached hydrogens (primary N) is 1. The van der Waals surface area contributed by atoms with Crippen molar-refractivity contribution in [2.45, 2.75) is 156 Å². The molecule has 0 saturated carbocycles. The van der Waals surface area contributed by atoms with Crippen molar-refractivity contribution in [2.75, 3.05) is 32.7 Å². The lowest BCUT2D eigenvalue weighted by Crippen LogP contribution is -2.62. The van der Waals surface area contributed by atoms with Gasteiger partial charge in [-0.2, -0.15) is 13.2 Å². The first-order chi connectivity index (χ1) is 29.3. The number of carboxylic acids is 1. The molecule has 1 aliphatic rings. The van der Waals surface area contributed by atoms with E-state index in [-0.39, 0.29) is 61.7 Å². The van der Waals surface area contributed by atoms with Crippen LogP contribution in [-0.2, 0) is 43.2 Å². The molecular weight excluding hydrogens is 835 g/mol. The molecule has 0 unspecified atom stereocenters. The van der Waals surface area contributed by atoms with Crippen LogP contribution < -0.4 is 43.2 Å². The molecular formula is C41H72F3N9O10. The number of ketones is 1. The summed E-state index contributed by atoms with van der Waals surface area (Å²) in [5, 5.41) is 21.2. The number of Topliss-reactive ketones (excluding diaryl/α,β-unsaturated/α-hetero) is 1. The Morgan fingerprint density at radius 3 is 1.76 bits per heavy atom. The maximum absolute atomic E-state index is 14.1. The van der Waals surface area contributed by atoms with Gasteiger partial charge in [0.2, 0.25) is 35.4 Å². The lowest BCUT2D eigenvalue weighted by molar-refractivity contribution is -0.192. The highest BCUT2D eigenvalue weighted by atomic mass is 19.4. The Labute approximate surface area is 368 Å². The smallest absolute Gasteiger partial charge is 0.475 e. The second kappa shape index (κ2) is 29.5. The summed E-state index contributed by atoms with van der Waals surface area (Å²) in [6.45, 7) is 15.3. The van der Waals surface area contributed by atoms with E-state index in [1.54, 1.807) is 0 Å². The Morgan fingerprint density at radius 2 is 1.29 bits per heavy atom. The fourth-order valence-corrected chi connectivity index (χ4v) is 6.53. The Bertz CT molecular complexity index is 1520. The third kappa shape index (κ3) is 24.0. The predicted octanol–water partition coefficient (Wildman–Crippen LogP) is 1.34. The van der Waals surface area contributed by atoms with Crippen LogP contribution >= 0.6 is 0 Å². The van der Waals surface area contributed by atoms with Crippen molar-refractivity contribution in [1.82, 2.24) is 42.3 Å². The number of hydrogen-bond donors (Lipinski definition) is 9. The van der Waals surface area contributed by atoms with Crippen LogP contribution in [0.4, 0.5) is 13.2 Å². The molecule has 10 N–H and O–H groups in total. The van der Waals surface area contributed by atoms with Crippen molar-refractivity contribution in [3.8, 4) is 0 Å². The summed E-state index contributed by atoms with van der Waals surface area (Å²) in [4.78, 5) is 114. The number of nitrogens with zero attached hydrogens (tertiary/aromatic N) is 1. The number of unbranched alkanes of at least 4 members (excludes halogenated alkanes) is 3. The molecule has 0 aromatic carbocycles. The molecule has 22 heteroatoms. The van der Waals surface area contributed by atoms with Gasteiger partial charge in [-0.3, -0.25) is 54.5 Å². The zero-order valence-corrected chi connectivity index (χ0v) is 38.1. The van der Waals surface area contributed by atoms with Gasteiger partial charge in [0.05, 0.1) is 6.54 Å². The van der Waals surface area contributed by atoms with E-state index in [0.29, 0.717) is 58.2 Å². The highest BCUT2D eigenvalue weighted by Gasteiger charge is 2.47. The molecule has 0 radical (unpaired) electrons. The van der Waals surface area contributed by atoms with Crippen LogP contribution in [0.2, 0.25) is 0 Å². The van der Waals surface area contributed by atoms with Crippen LogP contribution in [0.15, 0.2) is 0 Å². The van der Waals surface area contributed by atoms with E-state index in [1.807, 2.05) is 41.5 Å². The number of hydrazine groups is 1. The van der Waals surface area contributed by atoms with Gasteiger partial charge in [-0.1, -0.05) is 48.0 Å². The van der Waals surface area contributed by atoms with Crippen molar-refractivity contribution in [1.29, 1.82) is 0 Å². The molecule has 362 valence electrons. The van der Waals surface area contributed by atoms with E-state index in [0.717, 1.165) is 6.42 Å². The molecule has 19 nitrogen and oxygen atoms in total. The van der Waals surface area contributed by atoms with Crippen LogP contribution in [0.1, 0.15) is 126 Å². The quantitative estimate of drug-likeness (QED) is 0.0338. The average molecular weight is 908 g/mol. The first-order valence-electron chi connectivity index (χ1n) is 21.6. The summed E-state index contributed by atoms with van der Waals surface area (Å²) in [5.74, 6) is -6.53. The minimum Gasteiger partial charge on any atom is -0.475 e. The Kier molecular flexibility index (Phi) is 27.2. The van der Waals surface area contributed by atoms with Gasteiger partial charge in [0.1, 0.15) is 18.1 Å². The number of carbonyl (C=O) groups is 9. The van der Waals surface area contributed by atoms with Gasteiger partial charge >= 0.3 is 12.1 Å². The van der Waals surface area contributed by atoms with Crippen LogP contribution in [0.3, 0.4) is 0 Å². The van der Waals surface area contributed by atoms with Crippen molar-refractivity contribution >= 4 is 53.1 Å². The van der Waals surface area contributed by atoms with E-state index in [4.69, 9.17) is 15.6 Å². The molecule has 0 bridgehead atoms. The summed E-state index contributed by atoms with van der Waals surface area (Å²) >= 11 is 0. The van der Waals surface area contributed by atoms with E-state index in [1.165, 1.54) is 18.7 Å². The van der Waals surface area contributed by atoms with Gasteiger partial charge in [-0.15, -0.1) is 0 Å². The van der Waals surface area contributed by atoms with Gasteiger partial charge in [0, 0.05) is 26.4 Å². The predicted molar refractivity (Wildman–Crippen MR) is 227 cm³/mol. The van der Waals surface area contributed by atoms with E-state index >= 15 is 0 Å². The number of hydrogen-bond acceptors (Lipinski definition) is 11. The van der Waals surface area contributed by atoms with Crippen LogP contribution in [-0.4, -0.2) is 126 Å². The summed E-state index contributed by atoms with van der Waals surface area (Å²) < 4.78 is 31.7. The fraction of sp³-hybridized carbons (Fsp3) is 0.780. The lowest BCUT2D eigenvalue weighted by atomic mass is 9.90. The number of rotatable bonds is 26. The number of nitrogens with one attached hydrogen (secondary N) is 7. The molecule has 1 rings (SSSR count). The third-order valence-corrected chi connectivity index (χ3v) is 9.70. The molecule has 1 heterocycles. The normalized spacial score (nSPS) is 16.2. The highest BCUT2D eigenvalue weighted by molar-refractivity contribution is 6.11. The fourth-order valence-electron chi connectivity index (χ4n) is 6.53. The highest BCUT2D eigenvalue weighted by Crippen LogP contribution is 2.22. The number of carbonyl (C=O) groups excluding carboxylic acids is 8. The van der Waals surface area contributed by atoms with Gasteiger partial charge in [0.25, 0.3) is 5.91 Å². The molecule has 7 amide bonds. The van der Waals surface area contributed by atoms with Gasteiger partial charge in [0.15, 0.2) is 11.3 Å². The van der Waals surface area contributed by atoms with Gasteiger partial charge in [-0.05, 0) is 95.6 Å². The summed E-state index contributed by atoms with van der Waals surface area (Å²) in [7, 11) is 0. The molecule has 0 aliphatic carbocycles. The summed E-state index contributed by atoms with van der Waals surface area (Å²) in [5.41, 5.74) is 9.11. The number of carboxylic acid groups (broad SMARTS) is 1. The molecule has 4 atom stereocenters. The van der Waals surface area contributed by atoms with Crippen LogP contribution in [0.25, 0.3) is 0 Å². The molecule has 1 aliphatic heterocycles. The molecule has 1 fully saturated rings. The number of aliphatic carboxylic acids is 1. The van der Waals surface area contributed by atoms with Gasteiger partial charge < -0.3 is 37.0 Å². The SMILES string of the molecule is CC(=O)NCCCCCC(=O)NNC(=O)[C@H](CC(C)C)NC(=O)[C@H](CC(C)C)NC(=O)CN(CCCCN)C(=O)[C@H](CC(C)C)NC(=O)[C@@]1(C(C)=O)CCCN1.O=C(O)C(F)(F)F. The minimum absolute atomic E-state index is 0.00866. The third-order valence-electron chi connectivity index (χ3n) is 9.70. The van der Waals surface area contributed by atoms with Crippen molar-refractivity contribution < 1.29 is 61.4 Å². The zero-order valence-electron chi connectivity index (χ0n) is 38.1. The lowest BCUT2D eigenvalue weighted by Gasteiger charge is -2.32. The van der Waals surface area contributed by atoms with E-state index < -0.39 is 77.8 Å². The Morgan fingerprint density at radius 1 is 0.730 bits per heavy atom. The number of halogens is 3. The first-order valence-corrected chi connectivity index (χ1v) is 21.6. The van der Waals surface area contributed by atoms with E-state index in [2.05, 4.69) is 37.4 Å². The van der Waals surface area contributed by atoms with Gasteiger partial charge in [-0.25, -0.2) is 4.79 Å². The number of alkyl halides is 3. The monoisotopic (exact) mass is 908 g/mol. The molecule has 63 heavy (non-hydrogen) atoms. The van der Waals surface area contributed by atoms with Crippen molar-refractivity contribution in [3.05, 3.63) is 0 Å². The maximum atomic E-state index is 14.1. The largest absolute Gasteiger partial charge is 0.490 e. The van der Waals surface area contributed by atoms with Crippen LogP contribution in [0, 0.1) is 17.8 Å². The first kappa shape index (κ1) is 58.1. The average Bonchev–Trinajstić information content (AvgIpc) is 3.68. The van der Waals surface area contributed by atoms with Crippen molar-refractivity contribution in [3.63, 3.8) is 0 Å². The van der Waals surface area contributed by atoms with Crippen LogP contribution in [0.5, 0.6) is 0 Å². The van der Waals surface area contributed by atoms with Crippen molar-refractivity contribution in [2.24, 2.45) is 23.5 Å². The second-order valence-corrected chi connectivity index (χ2v) is 17.0. The zero-order chi connectivity index (χ0) is 48.5. The molecule has 0 aromatic rings. The topological polar surface area (TPSA) is 287 Å².